The number of rotatable bonds is 5. The highest BCUT2D eigenvalue weighted by Crippen LogP contribution is 2.23. The van der Waals surface area contributed by atoms with E-state index in [0.717, 1.165) is 52.4 Å². The first kappa shape index (κ1) is 16.7. The van der Waals surface area contributed by atoms with Gasteiger partial charge >= 0.3 is 0 Å². The maximum atomic E-state index is 9.64. The standard InChI is InChI=1S/C20H19ClN4O/c21-16-4-1-13(2-5-16)9-22-19-6-3-14(10-23-19)7-15-11-24-20-18(15)8-17(26)12-25-20/h1,3-6,8,10-13,26H,2,7,9H2,(H,22,23)(H,24,25). The van der Waals surface area contributed by atoms with Crippen LogP contribution in [0.4, 0.5) is 5.82 Å². The number of fused-ring (bicyclic) bond motifs is 1. The van der Waals surface area contributed by atoms with Crippen LogP contribution in [0.25, 0.3) is 11.0 Å². The van der Waals surface area contributed by atoms with Gasteiger partial charge in [0.1, 0.15) is 17.2 Å². The number of allylic oxidation sites excluding steroid dienone is 3. The number of aromatic hydroxyl groups is 1. The third-order valence-corrected chi connectivity index (χ3v) is 4.79. The predicted octanol–water partition coefficient (Wildman–Crippen LogP) is 4.37. The molecule has 1 aliphatic carbocycles. The monoisotopic (exact) mass is 366 g/mol. The minimum atomic E-state index is 0.170. The van der Waals surface area contributed by atoms with Gasteiger partial charge in [-0.05, 0) is 41.7 Å². The molecule has 0 saturated carbocycles. The van der Waals surface area contributed by atoms with E-state index in [4.69, 9.17) is 11.6 Å². The number of nitrogens with zero attached hydrogens (tertiary/aromatic N) is 2. The SMILES string of the molecule is Oc1cnc2[nH]cc(Cc3ccc(NCC4C=CC(Cl)=CC4)nc3)c2c1. The number of hydrogen-bond donors (Lipinski definition) is 3. The molecule has 5 nitrogen and oxygen atoms in total. The summed E-state index contributed by atoms with van der Waals surface area (Å²) in [5.41, 5.74) is 2.97. The van der Waals surface area contributed by atoms with Crippen molar-refractivity contribution in [3.8, 4) is 5.75 Å². The molecule has 1 atom stereocenters. The fraction of sp³-hybridized carbons (Fsp3) is 0.200. The first-order valence-electron chi connectivity index (χ1n) is 8.55. The van der Waals surface area contributed by atoms with Crippen molar-refractivity contribution in [2.45, 2.75) is 12.8 Å². The molecule has 1 aliphatic rings. The Kier molecular flexibility index (Phi) is 4.63. The summed E-state index contributed by atoms with van der Waals surface area (Å²) in [4.78, 5) is 11.8. The van der Waals surface area contributed by atoms with Crippen molar-refractivity contribution < 1.29 is 5.11 Å². The average molecular weight is 367 g/mol. The fourth-order valence-corrected chi connectivity index (χ4v) is 3.23. The predicted molar refractivity (Wildman–Crippen MR) is 104 cm³/mol. The average Bonchev–Trinajstić information content (AvgIpc) is 3.04. The van der Waals surface area contributed by atoms with Gasteiger partial charge in [0.25, 0.3) is 0 Å². The second kappa shape index (κ2) is 7.22. The zero-order chi connectivity index (χ0) is 17.9. The van der Waals surface area contributed by atoms with Gasteiger partial charge < -0.3 is 15.4 Å². The number of H-pyrrole nitrogens is 1. The van der Waals surface area contributed by atoms with Gasteiger partial charge in [0.2, 0.25) is 0 Å². The van der Waals surface area contributed by atoms with Gasteiger partial charge in [-0.25, -0.2) is 9.97 Å². The van der Waals surface area contributed by atoms with E-state index < -0.39 is 0 Å². The number of hydrogen-bond acceptors (Lipinski definition) is 4. The molecule has 1 unspecified atom stereocenters. The smallest absolute Gasteiger partial charge is 0.137 e. The van der Waals surface area contributed by atoms with E-state index in [-0.39, 0.29) is 5.75 Å². The zero-order valence-corrected chi connectivity index (χ0v) is 14.9. The summed E-state index contributed by atoms with van der Waals surface area (Å²) in [5, 5.41) is 14.8. The molecular weight excluding hydrogens is 348 g/mol. The van der Waals surface area contributed by atoms with Crippen molar-refractivity contribution in [3.05, 3.63) is 71.2 Å². The van der Waals surface area contributed by atoms with E-state index >= 15 is 0 Å². The molecule has 3 heterocycles. The number of aromatic nitrogens is 3. The Hall–Kier alpha value is -2.79. The first-order valence-corrected chi connectivity index (χ1v) is 8.93. The molecule has 26 heavy (non-hydrogen) atoms. The van der Waals surface area contributed by atoms with E-state index in [1.165, 1.54) is 6.20 Å². The highest BCUT2D eigenvalue weighted by Gasteiger charge is 2.09. The Labute approximate surface area is 156 Å². The van der Waals surface area contributed by atoms with Crippen LogP contribution in [0.3, 0.4) is 0 Å². The van der Waals surface area contributed by atoms with Crippen molar-refractivity contribution in [2.75, 3.05) is 11.9 Å². The van der Waals surface area contributed by atoms with Crippen LogP contribution in [0, 0.1) is 5.92 Å². The maximum absolute atomic E-state index is 9.64. The van der Waals surface area contributed by atoms with Crippen molar-refractivity contribution in [2.24, 2.45) is 5.92 Å². The molecule has 0 bridgehead atoms. The second-order valence-electron chi connectivity index (χ2n) is 6.46. The molecule has 4 rings (SSSR count). The molecule has 0 spiro atoms. The summed E-state index contributed by atoms with van der Waals surface area (Å²) in [6.07, 6.45) is 13.0. The first-order chi connectivity index (χ1) is 12.7. The molecular formula is C20H19ClN4O. The number of anilines is 1. The van der Waals surface area contributed by atoms with Gasteiger partial charge in [-0.1, -0.05) is 29.8 Å². The third-order valence-electron chi connectivity index (χ3n) is 4.51. The third kappa shape index (κ3) is 3.73. The van der Waals surface area contributed by atoms with E-state index in [2.05, 4.69) is 32.4 Å². The summed E-state index contributed by atoms with van der Waals surface area (Å²) >= 11 is 5.94. The Morgan fingerprint density at radius 2 is 2.19 bits per heavy atom. The van der Waals surface area contributed by atoms with Gasteiger partial charge in [0.05, 0.1) is 6.20 Å². The van der Waals surface area contributed by atoms with Crippen molar-refractivity contribution in [3.63, 3.8) is 0 Å². The molecule has 0 aromatic carbocycles. The maximum Gasteiger partial charge on any atom is 0.137 e. The molecule has 6 heteroatoms. The van der Waals surface area contributed by atoms with Crippen LogP contribution in [-0.2, 0) is 6.42 Å². The van der Waals surface area contributed by atoms with Crippen molar-refractivity contribution in [1.29, 1.82) is 0 Å². The van der Waals surface area contributed by atoms with Crippen LogP contribution in [0.2, 0.25) is 0 Å². The lowest BCUT2D eigenvalue weighted by atomic mass is 10.0. The summed E-state index contributed by atoms with van der Waals surface area (Å²) in [6, 6.07) is 5.79. The molecule has 0 radical (unpaired) electrons. The Balaban J connectivity index is 1.39. The Bertz CT molecular complexity index is 975. The lowest BCUT2D eigenvalue weighted by Gasteiger charge is -2.15. The van der Waals surface area contributed by atoms with Gasteiger partial charge in [-0.15, -0.1) is 0 Å². The molecule has 0 aliphatic heterocycles. The van der Waals surface area contributed by atoms with E-state index in [1.807, 2.05) is 30.6 Å². The van der Waals surface area contributed by atoms with Crippen molar-refractivity contribution >= 4 is 28.5 Å². The highest BCUT2D eigenvalue weighted by atomic mass is 35.5. The van der Waals surface area contributed by atoms with E-state index in [1.54, 1.807) is 6.07 Å². The number of nitrogens with one attached hydrogen (secondary N) is 2. The second-order valence-corrected chi connectivity index (χ2v) is 6.89. The molecule has 3 aromatic rings. The lowest BCUT2D eigenvalue weighted by molar-refractivity contribution is 0.474. The summed E-state index contributed by atoms with van der Waals surface area (Å²) < 4.78 is 0. The fourth-order valence-electron chi connectivity index (χ4n) is 3.07. The molecule has 0 fully saturated rings. The summed E-state index contributed by atoms with van der Waals surface area (Å²) in [6.45, 7) is 0.830. The molecule has 132 valence electrons. The van der Waals surface area contributed by atoms with Gasteiger partial charge in [-0.2, -0.15) is 0 Å². The van der Waals surface area contributed by atoms with Crippen LogP contribution in [0.5, 0.6) is 5.75 Å². The van der Waals surface area contributed by atoms with Gasteiger partial charge in [-0.3, -0.25) is 0 Å². The zero-order valence-electron chi connectivity index (χ0n) is 14.1. The molecule has 3 aromatic heterocycles. The molecule has 3 N–H and O–H groups in total. The minimum Gasteiger partial charge on any atom is -0.506 e. The number of pyridine rings is 2. The normalized spacial score (nSPS) is 16.7. The number of aromatic amines is 1. The van der Waals surface area contributed by atoms with Gasteiger partial charge in [0.15, 0.2) is 0 Å². The molecule has 0 saturated heterocycles. The van der Waals surface area contributed by atoms with E-state index in [9.17, 15) is 5.11 Å². The minimum absolute atomic E-state index is 0.170. The van der Waals surface area contributed by atoms with Crippen molar-refractivity contribution in [1.82, 2.24) is 15.0 Å². The topological polar surface area (TPSA) is 73.8 Å². The quantitative estimate of drug-likeness (QED) is 0.627. The van der Waals surface area contributed by atoms with Crippen LogP contribution < -0.4 is 5.32 Å². The van der Waals surface area contributed by atoms with Crippen LogP contribution >= 0.6 is 11.6 Å². The van der Waals surface area contributed by atoms with E-state index in [0.29, 0.717) is 5.92 Å². The molecule has 0 amide bonds. The summed E-state index contributed by atoms with van der Waals surface area (Å²) in [5.74, 6) is 1.47. The number of halogens is 1. The van der Waals surface area contributed by atoms with Gasteiger partial charge in [0, 0.05) is 35.8 Å². The lowest BCUT2D eigenvalue weighted by Crippen LogP contribution is -2.13. The van der Waals surface area contributed by atoms with Crippen LogP contribution in [-0.4, -0.2) is 26.6 Å². The Morgan fingerprint density at radius 1 is 1.27 bits per heavy atom. The largest absolute Gasteiger partial charge is 0.506 e. The highest BCUT2D eigenvalue weighted by molar-refractivity contribution is 6.31. The van der Waals surface area contributed by atoms with Crippen LogP contribution in [0.1, 0.15) is 17.5 Å². The Morgan fingerprint density at radius 3 is 2.96 bits per heavy atom. The summed E-state index contributed by atoms with van der Waals surface area (Å²) in [7, 11) is 0. The van der Waals surface area contributed by atoms with Crippen LogP contribution in [0.15, 0.2) is 60.0 Å².